The molecule has 1 aliphatic rings. The summed E-state index contributed by atoms with van der Waals surface area (Å²) < 4.78 is 13.4. The number of rotatable bonds is 3. The first kappa shape index (κ1) is 15.9. The molecule has 2 aromatic rings. The average molecular weight is 308 g/mol. The average Bonchev–Trinajstić information content (AvgIpc) is 2.49. The first-order valence-electron chi connectivity index (χ1n) is 6.92. The lowest BCUT2D eigenvalue weighted by atomic mass is 10.0. The highest BCUT2D eigenvalue weighted by atomic mass is 35.5. The van der Waals surface area contributed by atoms with Crippen molar-refractivity contribution in [3.8, 4) is 0 Å². The summed E-state index contributed by atoms with van der Waals surface area (Å²) in [5, 5.41) is 3.39. The summed E-state index contributed by atoms with van der Waals surface area (Å²) in [6, 6.07) is 11.2. The summed E-state index contributed by atoms with van der Waals surface area (Å²) in [5.74, 6) is -0.170. The minimum atomic E-state index is -0.170. The Balaban J connectivity index is 0.00000161. The molecule has 0 radical (unpaired) electrons. The molecule has 0 bridgehead atoms. The van der Waals surface area contributed by atoms with Crippen LogP contribution in [0.1, 0.15) is 17.2 Å². The van der Waals surface area contributed by atoms with Gasteiger partial charge < -0.3 is 5.32 Å². The highest BCUT2D eigenvalue weighted by Crippen LogP contribution is 2.24. The second kappa shape index (κ2) is 7.50. The molecule has 2 heterocycles. The van der Waals surface area contributed by atoms with E-state index in [0.29, 0.717) is 0 Å². The van der Waals surface area contributed by atoms with Gasteiger partial charge in [-0.25, -0.2) is 4.39 Å². The predicted molar refractivity (Wildman–Crippen MR) is 83.9 cm³/mol. The van der Waals surface area contributed by atoms with Gasteiger partial charge in [-0.05, 0) is 35.4 Å². The molecule has 21 heavy (non-hydrogen) atoms. The summed E-state index contributed by atoms with van der Waals surface area (Å²) in [6.45, 7) is 3.65. The Kier molecular flexibility index (Phi) is 5.67. The van der Waals surface area contributed by atoms with E-state index in [9.17, 15) is 4.39 Å². The van der Waals surface area contributed by atoms with Crippen LogP contribution in [0.3, 0.4) is 0 Å². The van der Waals surface area contributed by atoms with Crippen molar-refractivity contribution < 1.29 is 4.39 Å². The first-order chi connectivity index (χ1) is 9.83. The third kappa shape index (κ3) is 4.00. The van der Waals surface area contributed by atoms with E-state index in [1.54, 1.807) is 12.1 Å². The number of nitrogens with one attached hydrogen (secondary N) is 1. The van der Waals surface area contributed by atoms with Crippen LogP contribution in [0.5, 0.6) is 0 Å². The second-order valence-corrected chi connectivity index (χ2v) is 5.10. The topological polar surface area (TPSA) is 28.2 Å². The Morgan fingerprint density at radius 3 is 2.81 bits per heavy atom. The molecule has 1 atom stereocenters. The molecule has 1 unspecified atom stereocenters. The molecule has 1 aromatic carbocycles. The van der Waals surface area contributed by atoms with Gasteiger partial charge >= 0.3 is 0 Å². The Morgan fingerprint density at radius 2 is 2.05 bits per heavy atom. The lowest BCUT2D eigenvalue weighted by Crippen LogP contribution is -2.45. The van der Waals surface area contributed by atoms with Crippen LogP contribution in [0.2, 0.25) is 0 Å². The number of hydrogen-bond donors (Lipinski definition) is 1. The Bertz CT molecular complexity index is 564. The third-order valence-electron chi connectivity index (χ3n) is 3.72. The number of piperazine rings is 1. The third-order valence-corrected chi connectivity index (χ3v) is 3.72. The summed E-state index contributed by atoms with van der Waals surface area (Å²) in [4.78, 5) is 6.44. The fourth-order valence-corrected chi connectivity index (χ4v) is 2.70. The van der Waals surface area contributed by atoms with Crippen LogP contribution in [-0.2, 0) is 6.54 Å². The van der Waals surface area contributed by atoms with E-state index in [0.717, 1.165) is 31.7 Å². The molecule has 0 saturated carbocycles. The van der Waals surface area contributed by atoms with E-state index < -0.39 is 0 Å². The van der Waals surface area contributed by atoms with Crippen LogP contribution < -0.4 is 5.32 Å². The highest BCUT2D eigenvalue weighted by Gasteiger charge is 2.23. The molecule has 112 valence electrons. The zero-order chi connectivity index (χ0) is 13.8. The Labute approximate surface area is 130 Å². The van der Waals surface area contributed by atoms with Crippen molar-refractivity contribution in [1.29, 1.82) is 0 Å². The normalized spacial score (nSPS) is 19.0. The van der Waals surface area contributed by atoms with Crippen molar-refractivity contribution >= 4 is 12.4 Å². The van der Waals surface area contributed by atoms with Crippen molar-refractivity contribution in [1.82, 2.24) is 15.2 Å². The fourth-order valence-electron chi connectivity index (χ4n) is 2.70. The van der Waals surface area contributed by atoms with Gasteiger partial charge in [-0.15, -0.1) is 12.4 Å². The molecule has 1 fully saturated rings. The Morgan fingerprint density at radius 1 is 1.24 bits per heavy atom. The summed E-state index contributed by atoms with van der Waals surface area (Å²) in [7, 11) is 0. The molecule has 5 heteroatoms. The maximum Gasteiger partial charge on any atom is 0.123 e. The van der Waals surface area contributed by atoms with Gasteiger partial charge in [0.1, 0.15) is 5.82 Å². The van der Waals surface area contributed by atoms with Gasteiger partial charge in [-0.1, -0.05) is 12.1 Å². The molecule has 3 nitrogen and oxygen atoms in total. The molecule has 0 aliphatic carbocycles. The zero-order valence-electron chi connectivity index (χ0n) is 11.7. The van der Waals surface area contributed by atoms with Crippen LogP contribution in [0.15, 0.2) is 48.8 Å². The van der Waals surface area contributed by atoms with Gasteiger partial charge in [0.25, 0.3) is 0 Å². The first-order valence-corrected chi connectivity index (χ1v) is 6.92. The van der Waals surface area contributed by atoms with Crippen molar-refractivity contribution in [2.24, 2.45) is 0 Å². The number of aromatic nitrogens is 1. The largest absolute Gasteiger partial charge is 0.314 e. The van der Waals surface area contributed by atoms with Crippen LogP contribution in [0.4, 0.5) is 4.39 Å². The molecule has 1 N–H and O–H groups in total. The van der Waals surface area contributed by atoms with Crippen LogP contribution in [-0.4, -0.2) is 29.5 Å². The molecule has 1 saturated heterocycles. The van der Waals surface area contributed by atoms with Crippen LogP contribution >= 0.6 is 12.4 Å². The lowest BCUT2D eigenvalue weighted by molar-refractivity contribution is 0.153. The maximum absolute atomic E-state index is 13.4. The van der Waals surface area contributed by atoms with Crippen molar-refractivity contribution in [2.45, 2.75) is 12.6 Å². The smallest absolute Gasteiger partial charge is 0.123 e. The van der Waals surface area contributed by atoms with Gasteiger partial charge in [0.05, 0.1) is 0 Å². The number of benzene rings is 1. The number of nitrogens with zero attached hydrogens (tertiary/aromatic N) is 2. The Hall–Kier alpha value is -1.49. The van der Waals surface area contributed by atoms with Crippen molar-refractivity contribution in [2.75, 3.05) is 19.6 Å². The van der Waals surface area contributed by atoms with Crippen molar-refractivity contribution in [3.05, 3.63) is 65.7 Å². The van der Waals surface area contributed by atoms with Gasteiger partial charge in [0.2, 0.25) is 0 Å². The van der Waals surface area contributed by atoms with Crippen LogP contribution in [0.25, 0.3) is 0 Å². The molecule has 0 spiro atoms. The summed E-state index contributed by atoms with van der Waals surface area (Å²) in [6.07, 6.45) is 3.63. The van der Waals surface area contributed by atoms with E-state index in [1.807, 2.05) is 30.6 Å². The number of hydrogen-bond acceptors (Lipinski definition) is 3. The number of pyridine rings is 1. The quantitative estimate of drug-likeness (QED) is 0.945. The molecular weight excluding hydrogens is 289 g/mol. The van der Waals surface area contributed by atoms with E-state index in [1.165, 1.54) is 11.6 Å². The summed E-state index contributed by atoms with van der Waals surface area (Å²) >= 11 is 0. The molecule has 0 amide bonds. The summed E-state index contributed by atoms with van der Waals surface area (Å²) in [5.41, 5.74) is 2.27. The van der Waals surface area contributed by atoms with E-state index in [-0.39, 0.29) is 24.3 Å². The van der Waals surface area contributed by atoms with Gasteiger partial charge in [0.15, 0.2) is 0 Å². The number of halogens is 2. The molecule has 1 aliphatic heterocycles. The predicted octanol–water partition coefficient (Wildman–Crippen LogP) is 2.79. The SMILES string of the molecule is Cl.Fc1cccc(C2CNCCN2Cc2ccncc2)c1. The molecule has 3 rings (SSSR count). The minimum absolute atomic E-state index is 0. The monoisotopic (exact) mass is 307 g/mol. The molecule has 1 aromatic heterocycles. The minimum Gasteiger partial charge on any atom is -0.314 e. The fraction of sp³-hybridized carbons (Fsp3) is 0.312. The van der Waals surface area contributed by atoms with Gasteiger partial charge in [0, 0.05) is 44.6 Å². The van der Waals surface area contributed by atoms with Gasteiger partial charge in [-0.3, -0.25) is 9.88 Å². The second-order valence-electron chi connectivity index (χ2n) is 5.10. The molecular formula is C16H19ClFN3. The van der Waals surface area contributed by atoms with Crippen LogP contribution in [0, 0.1) is 5.82 Å². The standard InChI is InChI=1S/C16H18FN3.ClH/c17-15-3-1-2-14(10-15)16-11-19-8-9-20(16)12-13-4-6-18-7-5-13;/h1-7,10,16,19H,8-9,11-12H2;1H. The van der Waals surface area contributed by atoms with Gasteiger partial charge in [-0.2, -0.15) is 0 Å². The van der Waals surface area contributed by atoms with E-state index in [2.05, 4.69) is 15.2 Å². The maximum atomic E-state index is 13.4. The van der Waals surface area contributed by atoms with Crippen molar-refractivity contribution in [3.63, 3.8) is 0 Å². The lowest BCUT2D eigenvalue weighted by Gasteiger charge is -2.36. The van der Waals surface area contributed by atoms with E-state index in [4.69, 9.17) is 0 Å². The zero-order valence-corrected chi connectivity index (χ0v) is 12.5. The van der Waals surface area contributed by atoms with E-state index >= 15 is 0 Å². The highest BCUT2D eigenvalue weighted by molar-refractivity contribution is 5.85.